The Bertz CT molecular complexity index is 1290. The SMILES string of the molecule is CC(=O)NCC1COc2c(S(N)(=O)=NC(=O)Nc3c4c(cc5c3CCC5C)CCC4)cnn2C1. The second-order valence-electron chi connectivity index (χ2n) is 9.45. The molecule has 11 heteroatoms. The lowest BCUT2D eigenvalue weighted by Gasteiger charge is -2.24. The fourth-order valence-corrected chi connectivity index (χ4v) is 6.23. The van der Waals surface area contributed by atoms with E-state index in [9.17, 15) is 13.8 Å². The van der Waals surface area contributed by atoms with Gasteiger partial charge in [-0.15, -0.1) is 4.36 Å². The molecule has 4 N–H and O–H groups in total. The van der Waals surface area contributed by atoms with Crippen LogP contribution in [0, 0.1) is 5.92 Å². The molecule has 2 aliphatic carbocycles. The number of hydrogen-bond donors (Lipinski definition) is 3. The Kier molecular flexibility index (Phi) is 5.85. The first-order chi connectivity index (χ1) is 16.2. The number of nitrogens with two attached hydrogens (primary N) is 1. The Morgan fingerprint density at radius 2 is 2.15 bits per heavy atom. The van der Waals surface area contributed by atoms with Crippen LogP contribution in [0.2, 0.25) is 0 Å². The smallest absolute Gasteiger partial charge is 0.354 e. The largest absolute Gasteiger partial charge is 0.476 e. The summed E-state index contributed by atoms with van der Waals surface area (Å²) in [5, 5.41) is 16.0. The van der Waals surface area contributed by atoms with Gasteiger partial charge in [0, 0.05) is 25.1 Å². The molecule has 3 aliphatic rings. The molecule has 2 aromatic rings. The zero-order valence-electron chi connectivity index (χ0n) is 19.4. The molecule has 0 fully saturated rings. The summed E-state index contributed by atoms with van der Waals surface area (Å²) in [7, 11) is -3.57. The maximum Gasteiger partial charge on any atom is 0.354 e. The fraction of sp³-hybridized carbons (Fsp3) is 0.522. The number of nitrogens with zero attached hydrogens (tertiary/aromatic N) is 3. The van der Waals surface area contributed by atoms with Crippen LogP contribution in [0.5, 0.6) is 5.88 Å². The molecule has 0 spiro atoms. The summed E-state index contributed by atoms with van der Waals surface area (Å²) >= 11 is 0. The lowest BCUT2D eigenvalue weighted by atomic mass is 9.96. The van der Waals surface area contributed by atoms with Crippen molar-refractivity contribution in [1.29, 1.82) is 0 Å². The van der Waals surface area contributed by atoms with Crippen molar-refractivity contribution < 1.29 is 18.5 Å². The monoisotopic (exact) mass is 486 g/mol. The number of urea groups is 1. The molecular weight excluding hydrogens is 456 g/mol. The molecule has 0 bridgehead atoms. The van der Waals surface area contributed by atoms with Gasteiger partial charge < -0.3 is 15.4 Å². The van der Waals surface area contributed by atoms with Gasteiger partial charge in [0.25, 0.3) is 0 Å². The minimum atomic E-state index is -3.57. The number of carbonyl (C=O) groups excluding carboxylic acids is 2. The second-order valence-corrected chi connectivity index (χ2v) is 11.2. The van der Waals surface area contributed by atoms with Crippen molar-refractivity contribution in [3.05, 3.63) is 34.5 Å². The molecule has 1 aromatic carbocycles. The third kappa shape index (κ3) is 4.18. The highest BCUT2D eigenvalue weighted by molar-refractivity contribution is 7.91. The van der Waals surface area contributed by atoms with Crippen molar-refractivity contribution in [3.63, 3.8) is 0 Å². The predicted octanol–water partition coefficient (Wildman–Crippen LogP) is 2.50. The number of benzene rings is 1. The number of anilines is 1. The number of nitrogens with one attached hydrogen (secondary N) is 2. The number of hydrogen-bond acceptors (Lipinski definition) is 5. The topological polar surface area (TPSA) is 141 Å². The molecule has 10 nitrogen and oxygen atoms in total. The summed E-state index contributed by atoms with van der Waals surface area (Å²) < 4.78 is 24.5. The van der Waals surface area contributed by atoms with Crippen LogP contribution in [0.25, 0.3) is 0 Å². The molecule has 182 valence electrons. The number of fused-ring (bicyclic) bond motifs is 3. The second kappa shape index (κ2) is 8.70. The van der Waals surface area contributed by atoms with Crippen molar-refractivity contribution in [2.45, 2.75) is 63.3 Å². The minimum Gasteiger partial charge on any atom is -0.476 e. The number of amides is 3. The van der Waals surface area contributed by atoms with Crippen molar-refractivity contribution in [2.24, 2.45) is 15.4 Å². The van der Waals surface area contributed by atoms with Gasteiger partial charge in [0.2, 0.25) is 11.8 Å². The third-order valence-corrected chi connectivity index (χ3v) is 8.30. The first kappa shape index (κ1) is 22.9. The Morgan fingerprint density at radius 3 is 2.94 bits per heavy atom. The summed E-state index contributed by atoms with van der Waals surface area (Å²) in [6.07, 6.45) is 6.27. The highest BCUT2D eigenvalue weighted by atomic mass is 32.2. The van der Waals surface area contributed by atoms with Gasteiger partial charge in [0.15, 0.2) is 9.92 Å². The van der Waals surface area contributed by atoms with Gasteiger partial charge >= 0.3 is 6.03 Å². The number of carbonyl (C=O) groups is 2. The summed E-state index contributed by atoms with van der Waals surface area (Å²) in [5.41, 5.74) is 5.72. The summed E-state index contributed by atoms with van der Waals surface area (Å²) in [6.45, 7) is 4.88. The standard InChI is InChI=1S/C23H30N6O4S/c1-13-6-7-18-19(13)8-16-4-3-5-17(16)21(18)27-23(31)28-34(24,32)20-10-26-29-11-15(9-25-14(2)30)12-33-22(20)29/h8,10,13,15H,3-7,9,11-12H2,1-2H3,(H,25,30)(H3,24,27,28,31,32). The number of ether oxygens (including phenoxy) is 1. The molecule has 0 saturated heterocycles. The van der Waals surface area contributed by atoms with Gasteiger partial charge in [-0.25, -0.2) is 18.8 Å². The van der Waals surface area contributed by atoms with Crippen molar-refractivity contribution in [2.75, 3.05) is 18.5 Å². The van der Waals surface area contributed by atoms with E-state index in [1.165, 1.54) is 24.2 Å². The highest BCUT2D eigenvalue weighted by Crippen LogP contribution is 2.43. The number of rotatable bonds is 4. The van der Waals surface area contributed by atoms with E-state index in [0.717, 1.165) is 48.9 Å². The van der Waals surface area contributed by atoms with E-state index in [0.29, 0.717) is 25.6 Å². The van der Waals surface area contributed by atoms with E-state index in [1.54, 1.807) is 4.68 Å². The van der Waals surface area contributed by atoms with Crippen LogP contribution in [0.1, 0.15) is 54.9 Å². The average Bonchev–Trinajstić information content (AvgIpc) is 3.50. The molecule has 3 amide bonds. The number of aromatic nitrogens is 2. The normalized spacial score (nSPS) is 22.1. The average molecular weight is 487 g/mol. The molecule has 3 unspecified atom stereocenters. The molecule has 5 rings (SSSR count). The van der Waals surface area contributed by atoms with E-state index in [1.807, 2.05) is 0 Å². The molecular formula is C23H30N6O4S. The zero-order valence-corrected chi connectivity index (χ0v) is 20.2. The molecule has 1 aliphatic heterocycles. The Balaban J connectivity index is 1.39. The van der Waals surface area contributed by atoms with Crippen LogP contribution in [0.4, 0.5) is 10.5 Å². The van der Waals surface area contributed by atoms with Crippen LogP contribution < -0.4 is 20.5 Å². The van der Waals surface area contributed by atoms with E-state index in [-0.39, 0.29) is 22.6 Å². The molecule has 1 aromatic heterocycles. The number of aryl methyl sites for hydroxylation is 1. The van der Waals surface area contributed by atoms with Crippen molar-refractivity contribution in [1.82, 2.24) is 15.1 Å². The Labute approximate surface area is 198 Å². The van der Waals surface area contributed by atoms with Crippen LogP contribution >= 0.6 is 0 Å². The summed E-state index contributed by atoms with van der Waals surface area (Å²) in [5.74, 6) is 0.602. The van der Waals surface area contributed by atoms with Crippen LogP contribution in [-0.4, -0.2) is 39.1 Å². The van der Waals surface area contributed by atoms with Gasteiger partial charge in [-0.2, -0.15) is 5.10 Å². The zero-order chi connectivity index (χ0) is 24.0. The Morgan fingerprint density at radius 1 is 1.32 bits per heavy atom. The molecule has 0 radical (unpaired) electrons. The third-order valence-electron chi connectivity index (χ3n) is 6.95. The van der Waals surface area contributed by atoms with E-state index >= 15 is 0 Å². The van der Waals surface area contributed by atoms with Gasteiger partial charge in [-0.05, 0) is 60.3 Å². The van der Waals surface area contributed by atoms with Crippen molar-refractivity contribution in [3.8, 4) is 5.88 Å². The molecule has 0 saturated carbocycles. The van der Waals surface area contributed by atoms with E-state index < -0.39 is 15.9 Å². The van der Waals surface area contributed by atoms with Crippen LogP contribution in [0.15, 0.2) is 21.5 Å². The lowest BCUT2D eigenvalue weighted by molar-refractivity contribution is -0.119. The highest BCUT2D eigenvalue weighted by Gasteiger charge is 2.30. The molecule has 2 heterocycles. The van der Waals surface area contributed by atoms with Crippen LogP contribution in [-0.2, 0) is 40.5 Å². The maximum absolute atomic E-state index is 13.3. The van der Waals surface area contributed by atoms with E-state index in [2.05, 4.69) is 33.1 Å². The molecule has 3 atom stereocenters. The summed E-state index contributed by atoms with van der Waals surface area (Å²) in [4.78, 5) is 24.2. The first-order valence-corrected chi connectivity index (χ1v) is 13.3. The summed E-state index contributed by atoms with van der Waals surface area (Å²) in [6, 6.07) is 1.57. The first-order valence-electron chi connectivity index (χ1n) is 11.7. The van der Waals surface area contributed by atoms with E-state index in [4.69, 9.17) is 9.88 Å². The Hall–Kier alpha value is -2.92. The maximum atomic E-state index is 13.3. The quantitative estimate of drug-likeness (QED) is 0.609. The predicted molar refractivity (Wildman–Crippen MR) is 127 cm³/mol. The minimum absolute atomic E-state index is 0.0166. The lowest BCUT2D eigenvalue weighted by Crippen LogP contribution is -2.36. The molecule has 34 heavy (non-hydrogen) atoms. The van der Waals surface area contributed by atoms with Crippen molar-refractivity contribution >= 4 is 27.5 Å². The fourth-order valence-electron chi connectivity index (χ4n) is 5.23. The van der Waals surface area contributed by atoms with Crippen LogP contribution in [0.3, 0.4) is 0 Å². The van der Waals surface area contributed by atoms with Gasteiger partial charge in [-0.1, -0.05) is 13.0 Å². The van der Waals surface area contributed by atoms with Gasteiger partial charge in [-0.3, -0.25) is 4.79 Å². The van der Waals surface area contributed by atoms with Gasteiger partial charge in [0.1, 0.15) is 4.90 Å². The van der Waals surface area contributed by atoms with Gasteiger partial charge in [0.05, 0.1) is 19.3 Å².